The largest absolute Gasteiger partial charge is 0.459 e. The molecule has 0 atom stereocenters. The highest BCUT2D eigenvalue weighted by molar-refractivity contribution is 7.15. The molecule has 5 aromatic rings. The molecule has 5 rings (SSSR count). The Hall–Kier alpha value is -4.64. The number of ether oxygens (including phenoxy) is 1. The second-order valence-electron chi connectivity index (χ2n) is 7.18. The fourth-order valence-corrected chi connectivity index (χ4v) is 3.76. The number of carbonyl (C=O) groups is 2. The smallest absolute Gasteiger partial charge is 0.325 e. The first-order chi connectivity index (χ1) is 16.5. The van der Waals surface area contributed by atoms with Crippen LogP contribution in [0.15, 0.2) is 71.5 Å². The van der Waals surface area contributed by atoms with Crippen LogP contribution in [0.25, 0.3) is 11.0 Å². The number of furan rings is 1. The van der Waals surface area contributed by atoms with E-state index in [9.17, 15) is 9.59 Å². The summed E-state index contributed by atoms with van der Waals surface area (Å²) in [7, 11) is 0. The van der Waals surface area contributed by atoms with Gasteiger partial charge in [-0.3, -0.25) is 15.4 Å². The van der Waals surface area contributed by atoms with Crippen LogP contribution in [0.5, 0.6) is 11.5 Å². The summed E-state index contributed by atoms with van der Waals surface area (Å²) in [5.41, 5.74) is 1.97. The van der Waals surface area contributed by atoms with Crippen molar-refractivity contribution in [1.29, 1.82) is 0 Å². The van der Waals surface area contributed by atoms with Crippen LogP contribution in [-0.4, -0.2) is 26.9 Å². The number of hydrogen-bond acceptors (Lipinski definition) is 7. The number of nitrogens with zero attached hydrogens (tertiary/aromatic N) is 2. The van der Waals surface area contributed by atoms with Crippen molar-refractivity contribution in [2.75, 3.05) is 16.0 Å². The van der Waals surface area contributed by atoms with E-state index < -0.39 is 5.91 Å². The highest BCUT2D eigenvalue weighted by Crippen LogP contribution is 2.27. The van der Waals surface area contributed by atoms with E-state index in [1.807, 2.05) is 6.92 Å². The summed E-state index contributed by atoms with van der Waals surface area (Å²) in [5.74, 6) is 1.25. The fourth-order valence-electron chi connectivity index (χ4n) is 3.10. The maximum atomic E-state index is 12.1. The van der Waals surface area contributed by atoms with E-state index in [1.165, 1.54) is 17.6 Å². The van der Waals surface area contributed by atoms with Gasteiger partial charge in [-0.15, -0.1) is 11.3 Å². The molecule has 170 valence electrons. The number of aromatic nitrogens is 3. The lowest BCUT2D eigenvalue weighted by Crippen LogP contribution is -2.19. The first-order valence-electron chi connectivity index (χ1n) is 10.1. The summed E-state index contributed by atoms with van der Waals surface area (Å²) in [6.45, 7) is 1.92. The van der Waals surface area contributed by atoms with E-state index in [-0.39, 0.29) is 11.8 Å². The predicted octanol–water partition coefficient (Wildman–Crippen LogP) is 5.61. The number of thiazole rings is 1. The van der Waals surface area contributed by atoms with Crippen LogP contribution in [0.3, 0.4) is 0 Å². The number of amides is 3. The third-order valence-corrected chi connectivity index (χ3v) is 5.45. The van der Waals surface area contributed by atoms with E-state index >= 15 is 0 Å². The van der Waals surface area contributed by atoms with Gasteiger partial charge >= 0.3 is 6.03 Å². The highest BCUT2D eigenvalue weighted by Gasteiger charge is 2.12. The molecule has 0 fully saturated rings. The molecule has 2 aromatic carbocycles. The number of benzene rings is 2. The maximum absolute atomic E-state index is 12.1. The minimum absolute atomic E-state index is 0.193. The molecule has 11 heteroatoms. The summed E-state index contributed by atoms with van der Waals surface area (Å²) in [4.78, 5) is 36.8. The highest BCUT2D eigenvalue weighted by atomic mass is 32.1. The van der Waals surface area contributed by atoms with Crippen molar-refractivity contribution < 1.29 is 18.7 Å². The quantitative estimate of drug-likeness (QED) is 0.253. The predicted molar refractivity (Wildman–Crippen MR) is 129 cm³/mol. The molecular weight excluding hydrogens is 456 g/mol. The molecule has 0 bridgehead atoms. The zero-order valence-corrected chi connectivity index (χ0v) is 18.6. The zero-order chi connectivity index (χ0) is 23.5. The molecule has 3 aromatic heterocycles. The lowest BCUT2D eigenvalue weighted by Gasteiger charge is -2.08. The molecule has 0 aliphatic heterocycles. The Labute approximate surface area is 197 Å². The number of aryl methyl sites for hydroxylation is 1. The van der Waals surface area contributed by atoms with Gasteiger partial charge in [0.2, 0.25) is 5.95 Å². The van der Waals surface area contributed by atoms with E-state index in [0.29, 0.717) is 33.8 Å². The molecule has 0 aliphatic carbocycles. The van der Waals surface area contributed by atoms with Crippen molar-refractivity contribution in [3.8, 4) is 11.5 Å². The van der Waals surface area contributed by atoms with Crippen LogP contribution in [0.4, 0.5) is 21.6 Å². The molecule has 10 nitrogen and oxygen atoms in total. The van der Waals surface area contributed by atoms with Crippen LogP contribution >= 0.6 is 11.3 Å². The zero-order valence-electron chi connectivity index (χ0n) is 17.8. The van der Waals surface area contributed by atoms with E-state index in [0.717, 1.165) is 10.4 Å². The van der Waals surface area contributed by atoms with Crippen LogP contribution in [0.1, 0.15) is 15.4 Å². The van der Waals surface area contributed by atoms with Gasteiger partial charge in [-0.2, -0.15) is 0 Å². The number of imidazole rings is 1. The third-order valence-electron chi connectivity index (χ3n) is 4.62. The van der Waals surface area contributed by atoms with Crippen LogP contribution in [0, 0.1) is 6.92 Å². The van der Waals surface area contributed by atoms with Gasteiger partial charge in [0.15, 0.2) is 10.9 Å². The number of hydrogen-bond donors (Lipinski definition) is 4. The molecule has 0 saturated carbocycles. The minimum atomic E-state index is -0.398. The topological polar surface area (TPSA) is 134 Å². The first-order valence-corrected chi connectivity index (χ1v) is 11.0. The van der Waals surface area contributed by atoms with Crippen molar-refractivity contribution in [3.63, 3.8) is 0 Å². The number of urea groups is 1. The Morgan fingerprint density at radius 1 is 1.03 bits per heavy atom. The summed E-state index contributed by atoms with van der Waals surface area (Å²) in [6.07, 6.45) is 3.13. The van der Waals surface area contributed by atoms with E-state index in [4.69, 9.17) is 9.15 Å². The number of carbonyl (C=O) groups excluding carboxylic acids is 2. The van der Waals surface area contributed by atoms with Gasteiger partial charge < -0.3 is 19.5 Å². The number of H-pyrrole nitrogens is 1. The molecule has 0 spiro atoms. The van der Waals surface area contributed by atoms with Crippen molar-refractivity contribution in [2.45, 2.75) is 6.92 Å². The summed E-state index contributed by atoms with van der Waals surface area (Å²) >= 11 is 1.40. The average Bonchev–Trinajstić information content (AvgIpc) is 3.56. The molecule has 3 heterocycles. The lowest BCUT2D eigenvalue weighted by molar-refractivity contribution is 0.0996. The molecule has 34 heavy (non-hydrogen) atoms. The Balaban J connectivity index is 1.21. The Bertz CT molecular complexity index is 1460. The van der Waals surface area contributed by atoms with Gasteiger partial charge in [0, 0.05) is 22.8 Å². The number of fused-ring (bicyclic) bond motifs is 1. The van der Waals surface area contributed by atoms with Crippen molar-refractivity contribution in [1.82, 2.24) is 15.0 Å². The summed E-state index contributed by atoms with van der Waals surface area (Å²) in [5, 5.41) is 8.63. The Morgan fingerprint density at radius 3 is 2.59 bits per heavy atom. The van der Waals surface area contributed by atoms with Gasteiger partial charge in [-0.1, -0.05) is 0 Å². The van der Waals surface area contributed by atoms with Crippen LogP contribution < -0.4 is 20.7 Å². The minimum Gasteiger partial charge on any atom is -0.459 e. The molecular formula is C23H18N6O4S. The average molecular weight is 475 g/mol. The molecule has 0 aliphatic rings. The standard InChI is InChI=1S/C23H18N6O4S/c1-13-12-24-23(34-13)29-22(31)25-14-4-6-15(7-5-14)33-16-8-9-17-18(11-16)27-21(26-17)28-20(30)19-3-2-10-32-19/h2-12H,1H3,(H2,24,25,29,31)(H2,26,27,28,30). The van der Waals surface area contributed by atoms with Crippen molar-refractivity contribution in [3.05, 3.63) is 77.7 Å². The second kappa shape index (κ2) is 9.08. The summed E-state index contributed by atoms with van der Waals surface area (Å²) < 4.78 is 11.0. The number of anilines is 3. The maximum Gasteiger partial charge on any atom is 0.325 e. The van der Waals surface area contributed by atoms with E-state index in [2.05, 4.69) is 30.9 Å². The first kappa shape index (κ1) is 21.2. The third kappa shape index (κ3) is 4.89. The number of rotatable bonds is 6. The Kier molecular flexibility index (Phi) is 5.67. The summed E-state index contributed by atoms with van der Waals surface area (Å²) in [6, 6.07) is 15.1. The van der Waals surface area contributed by atoms with Gasteiger partial charge in [-0.25, -0.2) is 14.8 Å². The van der Waals surface area contributed by atoms with Crippen molar-refractivity contribution >= 4 is 51.1 Å². The second-order valence-corrected chi connectivity index (χ2v) is 8.41. The molecule has 0 saturated heterocycles. The fraction of sp³-hybridized carbons (Fsp3) is 0.0435. The van der Waals surface area contributed by atoms with Gasteiger partial charge in [0.05, 0.1) is 17.3 Å². The Morgan fingerprint density at radius 2 is 1.85 bits per heavy atom. The number of aromatic amines is 1. The lowest BCUT2D eigenvalue weighted by atomic mass is 10.3. The molecule has 0 unspecified atom stereocenters. The van der Waals surface area contributed by atoms with Crippen LogP contribution in [0.2, 0.25) is 0 Å². The van der Waals surface area contributed by atoms with Crippen molar-refractivity contribution in [2.24, 2.45) is 0 Å². The van der Waals surface area contributed by atoms with Gasteiger partial charge in [0.1, 0.15) is 11.5 Å². The van der Waals surface area contributed by atoms with Gasteiger partial charge in [0.25, 0.3) is 5.91 Å². The SMILES string of the molecule is Cc1cnc(NC(=O)Nc2ccc(Oc3ccc4[nH]c(NC(=O)c5ccco5)nc4c3)cc2)s1. The molecule has 4 N–H and O–H groups in total. The van der Waals surface area contributed by atoms with Crippen LogP contribution in [-0.2, 0) is 0 Å². The molecule has 3 amide bonds. The normalized spacial score (nSPS) is 10.7. The van der Waals surface area contributed by atoms with E-state index in [1.54, 1.807) is 60.8 Å². The number of nitrogens with one attached hydrogen (secondary N) is 4. The van der Waals surface area contributed by atoms with Gasteiger partial charge in [-0.05, 0) is 55.5 Å². The molecule has 0 radical (unpaired) electrons. The monoisotopic (exact) mass is 474 g/mol.